The van der Waals surface area contributed by atoms with E-state index in [9.17, 15) is 29.7 Å². The van der Waals surface area contributed by atoms with E-state index in [-0.39, 0.29) is 31.0 Å². The Hall–Kier alpha value is -3.55. The molecule has 0 saturated carbocycles. The number of aromatic amines is 1. The van der Waals surface area contributed by atoms with Crippen molar-refractivity contribution in [1.82, 2.24) is 24.5 Å². The van der Waals surface area contributed by atoms with Crippen LogP contribution < -0.4 is 11.2 Å². The predicted molar refractivity (Wildman–Crippen MR) is 102 cm³/mol. The Morgan fingerprint density at radius 3 is 2.81 bits per heavy atom. The molecular weight excluding hydrogens is 414 g/mol. The molecule has 0 spiro atoms. The van der Waals surface area contributed by atoms with Crippen LogP contribution in [0.2, 0.25) is 0 Å². The van der Waals surface area contributed by atoms with Gasteiger partial charge in [0.15, 0.2) is 0 Å². The smallest absolute Gasteiger partial charge is 0.341 e. The first-order chi connectivity index (χ1) is 14.8. The van der Waals surface area contributed by atoms with Crippen LogP contribution in [0.5, 0.6) is 0 Å². The molecule has 13 nitrogen and oxygen atoms in total. The average molecular weight is 435 g/mol. The molecule has 3 rings (SSSR count). The fraction of sp³-hybridized carbons (Fsp3) is 0.389. The quantitative estimate of drug-likeness (QED) is 0.285. The summed E-state index contributed by atoms with van der Waals surface area (Å²) in [5.74, 6) is -0.761. The van der Waals surface area contributed by atoms with Crippen LogP contribution in [0.4, 0.5) is 0 Å². The monoisotopic (exact) mass is 435 g/mol. The molecule has 3 heterocycles. The lowest BCUT2D eigenvalue weighted by Crippen LogP contribution is -2.35. The third-order valence-corrected chi connectivity index (χ3v) is 4.33. The second kappa shape index (κ2) is 9.51. The zero-order chi connectivity index (χ0) is 22.5. The van der Waals surface area contributed by atoms with E-state index in [0.717, 1.165) is 6.26 Å². The summed E-state index contributed by atoms with van der Waals surface area (Å²) in [7, 11) is 0. The van der Waals surface area contributed by atoms with Crippen LogP contribution in [-0.2, 0) is 17.8 Å². The first-order valence-electron chi connectivity index (χ1n) is 9.27. The molecule has 3 aromatic heterocycles. The summed E-state index contributed by atoms with van der Waals surface area (Å²) in [4.78, 5) is 36.6. The number of furan rings is 1. The number of carbonyl (C=O) groups excluding carboxylic acids is 1. The van der Waals surface area contributed by atoms with Crippen LogP contribution in [0.25, 0.3) is 0 Å². The maximum Gasteiger partial charge on any atom is 0.341 e. The molecule has 166 valence electrons. The summed E-state index contributed by atoms with van der Waals surface area (Å²) in [5, 5.41) is 38.4. The highest BCUT2D eigenvalue weighted by atomic mass is 16.5. The van der Waals surface area contributed by atoms with Crippen molar-refractivity contribution in [2.24, 2.45) is 0 Å². The van der Waals surface area contributed by atoms with Gasteiger partial charge in [0.2, 0.25) is 0 Å². The van der Waals surface area contributed by atoms with E-state index in [2.05, 4.69) is 15.3 Å². The summed E-state index contributed by atoms with van der Waals surface area (Å²) >= 11 is 0. The molecule has 4 N–H and O–H groups in total. The zero-order valence-electron chi connectivity index (χ0n) is 16.4. The number of nitrogens with one attached hydrogen (secondary N) is 1. The number of aromatic nitrogens is 5. The first-order valence-corrected chi connectivity index (χ1v) is 9.27. The molecule has 0 unspecified atom stereocenters. The van der Waals surface area contributed by atoms with E-state index in [1.807, 2.05) is 0 Å². The number of carbonyl (C=O) groups is 1. The molecule has 3 aromatic rings. The van der Waals surface area contributed by atoms with Gasteiger partial charge in [-0.2, -0.15) is 0 Å². The second-order valence-corrected chi connectivity index (χ2v) is 6.63. The number of esters is 1. The normalized spacial score (nSPS) is 14.2. The Morgan fingerprint density at radius 1 is 1.32 bits per heavy atom. The molecule has 3 atom stereocenters. The molecule has 13 heteroatoms. The number of H-pyrrole nitrogens is 1. The zero-order valence-corrected chi connectivity index (χ0v) is 16.4. The van der Waals surface area contributed by atoms with Gasteiger partial charge < -0.3 is 24.5 Å². The topological polar surface area (TPSA) is 186 Å². The molecular formula is C18H21N5O8. The van der Waals surface area contributed by atoms with E-state index in [1.165, 1.54) is 33.8 Å². The maximum absolute atomic E-state index is 11.7. The van der Waals surface area contributed by atoms with Gasteiger partial charge in [-0.05, 0) is 13.0 Å². The van der Waals surface area contributed by atoms with E-state index < -0.39 is 35.5 Å². The molecule has 0 aliphatic carbocycles. The number of ether oxygens (including phenoxy) is 1. The number of hydrogen-bond acceptors (Lipinski definition) is 10. The molecule has 0 aromatic carbocycles. The van der Waals surface area contributed by atoms with Crippen molar-refractivity contribution in [3.05, 3.63) is 68.6 Å². The minimum atomic E-state index is -1.66. The lowest BCUT2D eigenvalue weighted by Gasteiger charge is -2.21. The average Bonchev–Trinajstić information content (AvgIpc) is 3.39. The number of aliphatic hydroxyl groups excluding tert-OH is 3. The third-order valence-electron chi connectivity index (χ3n) is 4.33. The number of nitrogens with zero attached hydrogens (tertiary/aromatic N) is 4. The molecule has 0 bridgehead atoms. The molecule has 0 saturated heterocycles. The first kappa shape index (κ1) is 22.1. The number of aliphatic hydroxyl groups is 3. The van der Waals surface area contributed by atoms with E-state index in [4.69, 9.17) is 9.15 Å². The molecule has 0 aliphatic heterocycles. The van der Waals surface area contributed by atoms with Crippen molar-refractivity contribution < 1.29 is 29.3 Å². The molecule has 0 fully saturated rings. The van der Waals surface area contributed by atoms with Crippen molar-refractivity contribution in [3.8, 4) is 0 Å². The number of rotatable bonds is 9. The van der Waals surface area contributed by atoms with Gasteiger partial charge in [0.05, 0.1) is 31.5 Å². The van der Waals surface area contributed by atoms with Gasteiger partial charge in [-0.25, -0.2) is 14.3 Å². The Balaban J connectivity index is 1.62. The highest BCUT2D eigenvalue weighted by Crippen LogP contribution is 2.22. The van der Waals surface area contributed by atoms with Crippen molar-refractivity contribution in [2.45, 2.75) is 38.3 Å². The number of hydrogen-bond donors (Lipinski definition) is 4. The Kier molecular flexibility index (Phi) is 6.79. The lowest BCUT2D eigenvalue weighted by atomic mass is 10.1. The molecule has 0 aliphatic rings. The van der Waals surface area contributed by atoms with Crippen LogP contribution in [0.3, 0.4) is 0 Å². The van der Waals surface area contributed by atoms with Crippen molar-refractivity contribution in [2.75, 3.05) is 6.61 Å². The summed E-state index contributed by atoms with van der Waals surface area (Å²) < 4.78 is 12.3. The van der Waals surface area contributed by atoms with Crippen molar-refractivity contribution in [3.63, 3.8) is 0 Å². The fourth-order valence-electron chi connectivity index (χ4n) is 2.75. The van der Waals surface area contributed by atoms with E-state index in [0.29, 0.717) is 5.69 Å². The second-order valence-electron chi connectivity index (χ2n) is 6.63. The SMILES string of the molecule is CCOC(=O)c1coc([C@@H](O)[C@H](O)[C@H](O)Cn2cc(Cn3ccc(=O)[nH]c3=O)nn2)c1. The summed E-state index contributed by atoms with van der Waals surface area (Å²) in [6.45, 7) is 1.61. The minimum Gasteiger partial charge on any atom is -0.466 e. The van der Waals surface area contributed by atoms with Crippen molar-refractivity contribution in [1.29, 1.82) is 0 Å². The maximum atomic E-state index is 11.7. The van der Waals surface area contributed by atoms with Crippen molar-refractivity contribution >= 4 is 5.97 Å². The molecule has 0 amide bonds. The Bertz CT molecular complexity index is 1150. The van der Waals surface area contributed by atoms with Gasteiger partial charge in [-0.15, -0.1) is 5.10 Å². The van der Waals surface area contributed by atoms with E-state index in [1.54, 1.807) is 6.92 Å². The van der Waals surface area contributed by atoms with Crippen LogP contribution in [0.15, 0.2) is 44.8 Å². The molecule has 0 radical (unpaired) electrons. The summed E-state index contributed by atoms with van der Waals surface area (Å²) in [5.41, 5.74) is -0.703. The van der Waals surface area contributed by atoms with Gasteiger partial charge in [-0.3, -0.25) is 14.3 Å². The predicted octanol–water partition coefficient (Wildman–Crippen LogP) is -1.60. The van der Waals surface area contributed by atoms with Gasteiger partial charge in [0.25, 0.3) is 5.56 Å². The third kappa shape index (κ3) is 5.33. The largest absolute Gasteiger partial charge is 0.466 e. The van der Waals surface area contributed by atoms with Gasteiger partial charge in [0.1, 0.15) is 36.0 Å². The fourth-order valence-corrected chi connectivity index (χ4v) is 2.75. The van der Waals surface area contributed by atoms with Crippen LogP contribution in [0, 0.1) is 0 Å². The van der Waals surface area contributed by atoms with Gasteiger partial charge in [0, 0.05) is 12.3 Å². The van der Waals surface area contributed by atoms with Crippen LogP contribution >= 0.6 is 0 Å². The Labute approximate surface area is 174 Å². The van der Waals surface area contributed by atoms with E-state index >= 15 is 0 Å². The highest BCUT2D eigenvalue weighted by molar-refractivity contribution is 5.89. The minimum absolute atomic E-state index is 0.0277. The highest BCUT2D eigenvalue weighted by Gasteiger charge is 2.29. The van der Waals surface area contributed by atoms with Gasteiger partial charge >= 0.3 is 11.7 Å². The van der Waals surface area contributed by atoms with Crippen LogP contribution in [0.1, 0.15) is 34.8 Å². The molecule has 31 heavy (non-hydrogen) atoms. The Morgan fingerprint density at radius 2 is 2.10 bits per heavy atom. The lowest BCUT2D eigenvalue weighted by molar-refractivity contribution is -0.0739. The van der Waals surface area contributed by atoms with Crippen LogP contribution in [-0.4, -0.2) is 64.6 Å². The standard InChI is InChI=1S/C18H21N5O8/c1-2-30-17(28)10-5-13(31-9-10)16(27)15(26)12(24)8-23-7-11(20-21-23)6-22-4-3-14(25)19-18(22)29/h3-5,7,9,12,15-16,24,26-27H,2,6,8H2,1H3,(H,19,25,29)/t12-,15-,16-/m1/s1. The van der Waals surface area contributed by atoms with Gasteiger partial charge in [-0.1, -0.05) is 5.21 Å². The summed E-state index contributed by atoms with van der Waals surface area (Å²) in [6.07, 6.45) is -0.902. The summed E-state index contributed by atoms with van der Waals surface area (Å²) in [6, 6.07) is 2.41.